The number of aromatic hydroxyl groups is 1. The minimum atomic E-state index is -5.82. The first-order chi connectivity index (χ1) is 8.06. The van der Waals surface area contributed by atoms with Gasteiger partial charge in [0, 0.05) is 0 Å². The molecule has 0 fully saturated rings. The van der Waals surface area contributed by atoms with Crippen molar-refractivity contribution in [1.82, 2.24) is 5.48 Å². The Balaban J connectivity index is 3.51. The molecule has 3 N–H and O–H groups in total. The largest absolute Gasteiger partial charge is 0.508 e. The molecule has 0 aliphatic rings. The molecule has 0 atom stereocenters. The molecule has 0 saturated carbocycles. The van der Waals surface area contributed by atoms with Crippen LogP contribution in [0.4, 0.5) is 26.3 Å². The summed E-state index contributed by atoms with van der Waals surface area (Å²) in [4.78, 5) is 0. The molecule has 3 nitrogen and oxygen atoms in total. The summed E-state index contributed by atoms with van der Waals surface area (Å²) >= 11 is 0. The van der Waals surface area contributed by atoms with Crippen molar-refractivity contribution in [3.8, 4) is 5.75 Å². The Morgan fingerprint density at radius 3 is 1.50 bits per heavy atom. The van der Waals surface area contributed by atoms with E-state index in [0.29, 0.717) is 29.7 Å². The Labute approximate surface area is 96.6 Å². The molecular weight excluding hydrogens is 268 g/mol. The van der Waals surface area contributed by atoms with Crippen LogP contribution in [0.3, 0.4) is 0 Å². The van der Waals surface area contributed by atoms with Gasteiger partial charge in [-0.15, -0.1) is 0 Å². The van der Waals surface area contributed by atoms with E-state index < -0.39 is 29.2 Å². The van der Waals surface area contributed by atoms with Crippen LogP contribution in [0.1, 0.15) is 5.56 Å². The lowest BCUT2D eigenvalue weighted by Crippen LogP contribution is -2.62. The molecule has 1 aromatic rings. The highest BCUT2D eigenvalue weighted by atomic mass is 19.4. The first-order valence-corrected chi connectivity index (χ1v) is 4.40. The van der Waals surface area contributed by atoms with Gasteiger partial charge in [0.1, 0.15) is 5.75 Å². The van der Waals surface area contributed by atoms with E-state index in [9.17, 15) is 26.3 Å². The molecule has 0 radical (unpaired) electrons. The van der Waals surface area contributed by atoms with E-state index in [2.05, 4.69) is 0 Å². The maximum atomic E-state index is 12.7. The summed E-state index contributed by atoms with van der Waals surface area (Å²) in [6.45, 7) is 0. The van der Waals surface area contributed by atoms with E-state index in [1.165, 1.54) is 0 Å². The van der Waals surface area contributed by atoms with Crippen LogP contribution in [-0.2, 0) is 5.54 Å². The number of phenolic OH excluding ortho intramolecular Hbond substituents is 1. The highest BCUT2D eigenvalue weighted by Crippen LogP contribution is 2.49. The van der Waals surface area contributed by atoms with E-state index in [1.54, 1.807) is 0 Å². The fourth-order valence-electron chi connectivity index (χ4n) is 1.39. The first-order valence-electron chi connectivity index (χ1n) is 4.40. The lowest BCUT2D eigenvalue weighted by molar-refractivity contribution is -0.334. The maximum absolute atomic E-state index is 12.7. The van der Waals surface area contributed by atoms with E-state index in [-0.39, 0.29) is 0 Å². The minimum absolute atomic E-state index is 0.300. The van der Waals surface area contributed by atoms with Gasteiger partial charge >= 0.3 is 12.4 Å². The Bertz CT molecular complexity index is 397. The molecule has 0 aromatic heterocycles. The minimum Gasteiger partial charge on any atom is -0.508 e. The molecule has 18 heavy (non-hydrogen) atoms. The summed E-state index contributed by atoms with van der Waals surface area (Å²) in [7, 11) is 0. The normalized spacial score (nSPS) is 13.7. The van der Waals surface area contributed by atoms with E-state index >= 15 is 0 Å². The van der Waals surface area contributed by atoms with Crippen molar-refractivity contribution in [3.63, 3.8) is 0 Å². The molecule has 1 rings (SSSR count). The number of rotatable bonds is 2. The SMILES string of the molecule is ONC(c1ccc(O)cc1)(C(F)(F)F)C(F)(F)F. The van der Waals surface area contributed by atoms with Gasteiger partial charge < -0.3 is 10.3 Å². The summed E-state index contributed by atoms with van der Waals surface area (Å²) in [6, 6.07) is 2.14. The third kappa shape index (κ3) is 2.10. The summed E-state index contributed by atoms with van der Waals surface area (Å²) < 4.78 is 75.9. The second-order valence-electron chi connectivity index (χ2n) is 3.40. The second kappa shape index (κ2) is 4.32. The third-order valence-electron chi connectivity index (χ3n) is 2.32. The summed E-state index contributed by atoms with van der Waals surface area (Å²) in [6.07, 6.45) is -11.6. The smallest absolute Gasteiger partial charge is 0.421 e. The zero-order valence-electron chi connectivity index (χ0n) is 8.47. The monoisotopic (exact) mass is 275 g/mol. The van der Waals surface area contributed by atoms with Crippen LogP contribution in [0, 0.1) is 0 Å². The van der Waals surface area contributed by atoms with Gasteiger partial charge in [0.25, 0.3) is 5.54 Å². The van der Waals surface area contributed by atoms with E-state index in [4.69, 9.17) is 10.3 Å². The number of hydroxylamine groups is 1. The molecule has 0 heterocycles. The van der Waals surface area contributed by atoms with Crippen molar-refractivity contribution in [1.29, 1.82) is 0 Å². The van der Waals surface area contributed by atoms with Gasteiger partial charge in [0.2, 0.25) is 0 Å². The highest BCUT2D eigenvalue weighted by molar-refractivity contribution is 5.33. The summed E-state index contributed by atoms with van der Waals surface area (Å²) in [5.74, 6) is -0.505. The Morgan fingerprint density at radius 1 is 0.833 bits per heavy atom. The van der Waals surface area contributed by atoms with Gasteiger partial charge in [0.15, 0.2) is 0 Å². The van der Waals surface area contributed by atoms with Gasteiger partial charge in [-0.2, -0.15) is 31.8 Å². The molecule has 0 bridgehead atoms. The number of halogens is 6. The summed E-state index contributed by atoms with van der Waals surface area (Å²) in [5.41, 5.74) is -5.59. The molecule has 0 unspecified atom stereocenters. The number of benzene rings is 1. The average molecular weight is 275 g/mol. The van der Waals surface area contributed by atoms with Crippen LogP contribution in [0.15, 0.2) is 24.3 Å². The Morgan fingerprint density at radius 2 is 1.22 bits per heavy atom. The highest BCUT2D eigenvalue weighted by Gasteiger charge is 2.72. The second-order valence-corrected chi connectivity index (χ2v) is 3.40. The number of nitrogens with one attached hydrogen (secondary N) is 1. The zero-order chi connectivity index (χ0) is 14.2. The van der Waals surface area contributed by atoms with Crippen LogP contribution in [0.2, 0.25) is 0 Å². The number of phenols is 1. The van der Waals surface area contributed by atoms with Gasteiger partial charge in [-0.05, 0) is 17.7 Å². The van der Waals surface area contributed by atoms with Crippen LogP contribution in [0.25, 0.3) is 0 Å². The Kier molecular flexibility index (Phi) is 3.50. The zero-order valence-corrected chi connectivity index (χ0v) is 8.47. The fourth-order valence-corrected chi connectivity index (χ4v) is 1.39. The lowest BCUT2D eigenvalue weighted by atomic mass is 9.89. The number of alkyl halides is 6. The van der Waals surface area contributed by atoms with Gasteiger partial charge in [-0.25, -0.2) is 0 Å². The van der Waals surface area contributed by atoms with Crippen LogP contribution >= 0.6 is 0 Å². The van der Waals surface area contributed by atoms with E-state index in [0.717, 1.165) is 0 Å². The van der Waals surface area contributed by atoms with Crippen molar-refractivity contribution in [2.75, 3.05) is 0 Å². The Hall–Kier alpha value is -1.48. The quantitative estimate of drug-likeness (QED) is 0.574. The number of hydrogen-bond donors (Lipinski definition) is 3. The molecule has 0 spiro atoms. The molecular formula is C9H7F6NO2. The first kappa shape index (κ1) is 14.6. The maximum Gasteiger partial charge on any atom is 0.421 e. The molecule has 0 aliphatic heterocycles. The predicted molar refractivity (Wildman–Crippen MR) is 46.8 cm³/mol. The molecule has 1 aromatic carbocycles. The molecule has 0 amide bonds. The fraction of sp³-hybridized carbons (Fsp3) is 0.333. The van der Waals surface area contributed by atoms with Crippen LogP contribution < -0.4 is 5.48 Å². The standard InChI is InChI=1S/C9H7F6NO2/c10-8(11,12)7(16-18,9(13,14)15)5-1-3-6(17)4-2-5/h1-4,16-18H. The van der Waals surface area contributed by atoms with E-state index in [1.807, 2.05) is 0 Å². The van der Waals surface area contributed by atoms with Crippen molar-refractivity contribution in [3.05, 3.63) is 29.8 Å². The third-order valence-corrected chi connectivity index (χ3v) is 2.32. The summed E-state index contributed by atoms with van der Waals surface area (Å²) in [5, 5.41) is 17.3. The average Bonchev–Trinajstić information content (AvgIpc) is 2.18. The van der Waals surface area contributed by atoms with Crippen molar-refractivity contribution in [2.24, 2.45) is 0 Å². The van der Waals surface area contributed by atoms with Gasteiger partial charge in [0.05, 0.1) is 0 Å². The molecule has 0 aliphatic carbocycles. The molecule has 9 heteroatoms. The van der Waals surface area contributed by atoms with Gasteiger partial charge in [-0.1, -0.05) is 12.1 Å². The van der Waals surface area contributed by atoms with Crippen molar-refractivity contribution < 1.29 is 36.7 Å². The predicted octanol–water partition coefficient (Wildman–Crippen LogP) is 2.69. The van der Waals surface area contributed by atoms with Crippen molar-refractivity contribution in [2.45, 2.75) is 17.9 Å². The molecule has 102 valence electrons. The molecule has 0 saturated heterocycles. The lowest BCUT2D eigenvalue weighted by Gasteiger charge is -2.36. The van der Waals surface area contributed by atoms with Crippen molar-refractivity contribution >= 4 is 0 Å². The van der Waals surface area contributed by atoms with Crippen LogP contribution in [-0.4, -0.2) is 22.7 Å². The topological polar surface area (TPSA) is 52.5 Å². The van der Waals surface area contributed by atoms with Gasteiger partial charge in [-0.3, -0.25) is 0 Å². The van der Waals surface area contributed by atoms with Crippen LogP contribution in [0.5, 0.6) is 5.75 Å². The number of hydrogen-bond acceptors (Lipinski definition) is 3.